The van der Waals surface area contributed by atoms with Gasteiger partial charge in [0.25, 0.3) is 5.69 Å². The Hall–Kier alpha value is -2.44. The van der Waals surface area contributed by atoms with E-state index in [0.717, 1.165) is 24.6 Å². The summed E-state index contributed by atoms with van der Waals surface area (Å²) in [7, 11) is 0. The Bertz CT molecular complexity index is 557. The molecule has 0 unspecified atom stereocenters. The molecule has 1 aromatic carbocycles. The second kappa shape index (κ2) is 5.94. The number of aromatic nitrogens is 2. The Labute approximate surface area is 108 Å². The van der Waals surface area contributed by atoms with Crippen LogP contribution < -0.4 is 5.32 Å². The largest absolute Gasteiger partial charge is 0.383 e. The average molecular weight is 264 g/mol. The monoisotopic (exact) mass is 264 g/mol. The molecule has 6 nitrogen and oxygen atoms in total. The summed E-state index contributed by atoms with van der Waals surface area (Å²) >= 11 is 0. The van der Waals surface area contributed by atoms with Gasteiger partial charge < -0.3 is 5.32 Å². The quantitative estimate of drug-likeness (QED) is 0.477. The van der Waals surface area contributed by atoms with Crippen LogP contribution in [-0.2, 0) is 6.42 Å². The van der Waals surface area contributed by atoms with Gasteiger partial charge >= 0.3 is 0 Å². The molecule has 2 aromatic rings. The van der Waals surface area contributed by atoms with Gasteiger partial charge in [0, 0.05) is 24.5 Å². The van der Waals surface area contributed by atoms with Crippen LogP contribution in [0.3, 0.4) is 0 Å². The summed E-state index contributed by atoms with van der Waals surface area (Å²) in [5.74, 6) is -0.615. The fraction of sp³-hybridized carbons (Fsp3) is 0.250. The predicted octanol–water partition coefficient (Wildman–Crippen LogP) is 2.50. The Morgan fingerprint density at radius 3 is 2.89 bits per heavy atom. The van der Waals surface area contributed by atoms with Crippen molar-refractivity contribution in [1.29, 1.82) is 0 Å². The van der Waals surface area contributed by atoms with Crippen molar-refractivity contribution >= 4 is 11.4 Å². The van der Waals surface area contributed by atoms with Gasteiger partial charge in [0.15, 0.2) is 5.82 Å². The topological polar surface area (TPSA) is 83.8 Å². The Morgan fingerprint density at radius 2 is 2.26 bits per heavy atom. The van der Waals surface area contributed by atoms with Gasteiger partial charge in [-0.3, -0.25) is 15.2 Å². The maximum Gasteiger partial charge on any atom is 0.272 e. The van der Waals surface area contributed by atoms with E-state index in [-0.39, 0.29) is 11.4 Å². The predicted molar refractivity (Wildman–Crippen MR) is 68.5 cm³/mol. The molecule has 1 aromatic heterocycles. The van der Waals surface area contributed by atoms with Crippen molar-refractivity contribution in [3.05, 3.63) is 52.1 Å². The number of anilines is 1. The molecular formula is C12H13FN4O2. The molecule has 19 heavy (non-hydrogen) atoms. The molecule has 100 valence electrons. The highest BCUT2D eigenvalue weighted by molar-refractivity contribution is 5.50. The van der Waals surface area contributed by atoms with E-state index in [1.54, 1.807) is 6.20 Å². The van der Waals surface area contributed by atoms with Crippen LogP contribution >= 0.6 is 0 Å². The maximum absolute atomic E-state index is 13.5. The lowest BCUT2D eigenvalue weighted by Crippen LogP contribution is -2.05. The van der Waals surface area contributed by atoms with Gasteiger partial charge in [-0.05, 0) is 25.0 Å². The van der Waals surface area contributed by atoms with E-state index >= 15 is 0 Å². The van der Waals surface area contributed by atoms with Gasteiger partial charge in [-0.25, -0.2) is 4.39 Å². The lowest BCUT2D eigenvalue weighted by molar-refractivity contribution is -0.385. The number of aromatic amines is 1. The van der Waals surface area contributed by atoms with Crippen molar-refractivity contribution in [1.82, 2.24) is 10.2 Å². The van der Waals surface area contributed by atoms with Gasteiger partial charge in [-0.15, -0.1) is 0 Å². The molecule has 0 spiro atoms. The molecule has 2 rings (SSSR count). The molecule has 0 aliphatic rings. The van der Waals surface area contributed by atoms with Crippen LogP contribution in [0.25, 0.3) is 0 Å². The maximum atomic E-state index is 13.5. The minimum Gasteiger partial charge on any atom is -0.383 e. The average Bonchev–Trinajstić information content (AvgIpc) is 2.89. The fourth-order valence-electron chi connectivity index (χ4n) is 1.69. The number of nitro benzene ring substituents is 1. The highest BCUT2D eigenvalue weighted by Crippen LogP contribution is 2.20. The minimum absolute atomic E-state index is 0.250. The first-order valence-electron chi connectivity index (χ1n) is 5.83. The van der Waals surface area contributed by atoms with Gasteiger partial charge in [-0.2, -0.15) is 5.10 Å². The lowest BCUT2D eigenvalue weighted by Gasteiger charge is -2.06. The van der Waals surface area contributed by atoms with E-state index in [4.69, 9.17) is 0 Å². The number of non-ortho nitro benzene ring substituents is 1. The van der Waals surface area contributed by atoms with Gasteiger partial charge in [-0.1, -0.05) is 0 Å². The SMILES string of the molecule is O=[N+]([O-])c1ccc(NCCCc2ccn[nH]2)c(F)c1. The molecule has 0 atom stereocenters. The number of hydrogen-bond donors (Lipinski definition) is 2. The third kappa shape index (κ3) is 3.51. The molecule has 0 bridgehead atoms. The zero-order valence-electron chi connectivity index (χ0n) is 10.1. The number of benzene rings is 1. The van der Waals surface area contributed by atoms with E-state index < -0.39 is 10.7 Å². The number of nitrogens with zero attached hydrogens (tertiary/aromatic N) is 2. The van der Waals surface area contributed by atoms with E-state index in [9.17, 15) is 14.5 Å². The summed E-state index contributed by atoms with van der Waals surface area (Å²) in [4.78, 5) is 9.85. The van der Waals surface area contributed by atoms with Crippen molar-refractivity contribution in [2.45, 2.75) is 12.8 Å². The zero-order valence-corrected chi connectivity index (χ0v) is 10.1. The van der Waals surface area contributed by atoms with Gasteiger partial charge in [0.05, 0.1) is 16.7 Å². The number of nitro groups is 1. The Morgan fingerprint density at radius 1 is 1.42 bits per heavy atom. The van der Waals surface area contributed by atoms with E-state index in [0.29, 0.717) is 6.54 Å². The third-order valence-electron chi connectivity index (χ3n) is 2.66. The van der Waals surface area contributed by atoms with Crippen molar-refractivity contribution in [3.8, 4) is 0 Å². The molecule has 0 saturated heterocycles. The number of hydrogen-bond acceptors (Lipinski definition) is 4. The number of halogens is 1. The van der Waals surface area contributed by atoms with Gasteiger partial charge in [0.1, 0.15) is 0 Å². The lowest BCUT2D eigenvalue weighted by atomic mass is 10.2. The summed E-state index contributed by atoms with van der Waals surface area (Å²) in [6.45, 7) is 0.577. The molecule has 0 aliphatic heterocycles. The van der Waals surface area contributed by atoms with Gasteiger partial charge in [0.2, 0.25) is 0 Å². The number of aryl methyl sites for hydroxylation is 1. The first-order valence-corrected chi connectivity index (χ1v) is 5.83. The molecule has 0 saturated carbocycles. The molecular weight excluding hydrogens is 251 g/mol. The minimum atomic E-state index is -0.620. The summed E-state index contributed by atoms with van der Waals surface area (Å²) < 4.78 is 13.5. The van der Waals surface area contributed by atoms with Crippen molar-refractivity contribution in [2.24, 2.45) is 0 Å². The van der Waals surface area contributed by atoms with Crippen LogP contribution in [0.5, 0.6) is 0 Å². The summed E-state index contributed by atoms with van der Waals surface area (Å²) in [5.41, 5.74) is 1.04. The first-order chi connectivity index (χ1) is 9.16. The van der Waals surface area contributed by atoms with Crippen LogP contribution in [0.1, 0.15) is 12.1 Å². The standard InChI is InChI=1S/C12H13FN4O2/c13-11-8-10(17(18)19)3-4-12(11)14-6-1-2-9-5-7-15-16-9/h3-5,7-8,14H,1-2,6H2,(H,15,16). The molecule has 0 radical (unpaired) electrons. The van der Waals surface area contributed by atoms with E-state index in [2.05, 4.69) is 15.5 Å². The zero-order chi connectivity index (χ0) is 13.7. The molecule has 0 amide bonds. The van der Waals surface area contributed by atoms with Crippen LogP contribution in [0, 0.1) is 15.9 Å². The number of nitrogens with one attached hydrogen (secondary N) is 2. The Balaban J connectivity index is 1.84. The van der Waals surface area contributed by atoms with Crippen molar-refractivity contribution < 1.29 is 9.31 Å². The van der Waals surface area contributed by atoms with Crippen molar-refractivity contribution in [3.63, 3.8) is 0 Å². The third-order valence-corrected chi connectivity index (χ3v) is 2.66. The Kier molecular flexibility index (Phi) is 4.07. The number of H-pyrrole nitrogens is 1. The summed E-state index contributed by atoms with van der Waals surface area (Å²) in [6.07, 6.45) is 3.29. The van der Waals surface area contributed by atoms with E-state index in [1.807, 2.05) is 6.07 Å². The summed E-state index contributed by atoms with van der Waals surface area (Å²) in [6, 6.07) is 5.45. The number of rotatable bonds is 6. The summed E-state index contributed by atoms with van der Waals surface area (Å²) in [5, 5.41) is 20.0. The molecule has 2 N–H and O–H groups in total. The highest BCUT2D eigenvalue weighted by Gasteiger charge is 2.09. The normalized spacial score (nSPS) is 10.4. The second-order valence-corrected chi connectivity index (χ2v) is 4.03. The van der Waals surface area contributed by atoms with Crippen molar-refractivity contribution in [2.75, 3.05) is 11.9 Å². The van der Waals surface area contributed by atoms with Crippen LogP contribution in [-0.4, -0.2) is 21.7 Å². The van der Waals surface area contributed by atoms with Crippen LogP contribution in [0.2, 0.25) is 0 Å². The second-order valence-electron chi connectivity index (χ2n) is 4.03. The first kappa shape index (κ1) is 13.0. The van der Waals surface area contributed by atoms with Crippen LogP contribution in [0.4, 0.5) is 15.8 Å². The van der Waals surface area contributed by atoms with E-state index in [1.165, 1.54) is 12.1 Å². The molecule has 0 fully saturated rings. The molecule has 7 heteroatoms. The molecule has 1 heterocycles. The smallest absolute Gasteiger partial charge is 0.272 e. The fourth-order valence-corrected chi connectivity index (χ4v) is 1.69. The highest BCUT2D eigenvalue weighted by atomic mass is 19.1. The van der Waals surface area contributed by atoms with Crippen LogP contribution in [0.15, 0.2) is 30.5 Å². The molecule has 0 aliphatic carbocycles.